The molecule has 3 heterocycles. The molecule has 18 nitrogen and oxygen atoms in total. The van der Waals surface area contributed by atoms with Gasteiger partial charge in [0.2, 0.25) is 0 Å². The fraction of sp³-hybridized carbons (Fsp3) is 0.588. The maximum atomic E-state index is 12.0. The zero-order valence-corrected chi connectivity index (χ0v) is 46.2. The van der Waals surface area contributed by atoms with Crippen molar-refractivity contribution in [3.8, 4) is 18.2 Å². The number of pyridine rings is 3. The standard InChI is InChI=1S/2C17H23ClN4O2.C11H22N2O2.C6H2Cl2N2/c2*1-17(2,3)24-16(23)21-13-7-5-4-6-12(13)20-14-9-8-11(10-19)15(18)22-14;1-11(2,3)15-10(14)13-9-7-5-4-6-8(9)12;7-5-2-1-4(3-9)6(8)10-5/h2*8-9,12-13H,4-7H2,1-3H3,(H,20,22)(H,21,23);8-9H,4-7,12H2,1-3H3,(H,13,14);1-2H/t2*12-,13+;8-,9+;/m111./s1. The number of nitrogens with two attached hydrogens (primary N) is 1. The monoisotopic (exact) mass is 1090 g/mol. The number of hydrogen-bond donors (Lipinski definition) is 6. The molecule has 6 atom stereocenters. The van der Waals surface area contributed by atoms with Crippen LogP contribution in [-0.2, 0) is 14.2 Å². The molecule has 0 aliphatic heterocycles. The van der Waals surface area contributed by atoms with E-state index in [1.54, 1.807) is 24.3 Å². The van der Waals surface area contributed by atoms with E-state index < -0.39 is 29.0 Å². The first kappa shape index (κ1) is 61.7. The van der Waals surface area contributed by atoms with Crippen molar-refractivity contribution < 1.29 is 28.6 Å². The van der Waals surface area contributed by atoms with Crippen LogP contribution in [0.15, 0.2) is 36.4 Å². The number of alkyl carbamates (subject to hydrolysis) is 3. The summed E-state index contributed by atoms with van der Waals surface area (Å²) in [6.07, 6.45) is 10.9. The summed E-state index contributed by atoms with van der Waals surface area (Å²) in [5, 5.41) is 42.4. The van der Waals surface area contributed by atoms with Crippen LogP contribution in [0, 0.1) is 34.0 Å². The Labute approximate surface area is 450 Å². The molecule has 3 aliphatic carbocycles. The zero-order chi connectivity index (χ0) is 54.5. The van der Waals surface area contributed by atoms with Crippen molar-refractivity contribution in [2.45, 2.75) is 192 Å². The minimum absolute atomic E-state index is 0.0372. The zero-order valence-electron chi connectivity index (χ0n) is 43.1. The predicted molar refractivity (Wildman–Crippen MR) is 285 cm³/mol. The third kappa shape index (κ3) is 23.9. The van der Waals surface area contributed by atoms with Crippen molar-refractivity contribution in [1.29, 1.82) is 15.8 Å². The molecule has 3 amide bonds. The van der Waals surface area contributed by atoms with Crippen LogP contribution in [-0.4, -0.2) is 86.3 Å². The molecule has 7 N–H and O–H groups in total. The molecule has 3 saturated carbocycles. The van der Waals surface area contributed by atoms with E-state index >= 15 is 0 Å². The molecule has 73 heavy (non-hydrogen) atoms. The molecule has 0 saturated heterocycles. The number of hydrogen-bond acceptors (Lipinski definition) is 15. The Morgan fingerprint density at radius 1 is 0.493 bits per heavy atom. The van der Waals surface area contributed by atoms with E-state index in [0.29, 0.717) is 33.5 Å². The summed E-state index contributed by atoms with van der Waals surface area (Å²) in [7, 11) is 0. The van der Waals surface area contributed by atoms with Gasteiger partial charge in [0.05, 0.1) is 28.8 Å². The van der Waals surface area contributed by atoms with Gasteiger partial charge in [-0.25, -0.2) is 29.3 Å². The lowest BCUT2D eigenvalue weighted by Gasteiger charge is -2.33. The van der Waals surface area contributed by atoms with Gasteiger partial charge < -0.3 is 46.5 Å². The Kier molecular flexibility index (Phi) is 24.8. The Bertz CT molecular complexity index is 2310. The smallest absolute Gasteiger partial charge is 0.407 e. The van der Waals surface area contributed by atoms with Crippen molar-refractivity contribution in [1.82, 2.24) is 30.9 Å². The van der Waals surface area contributed by atoms with E-state index in [9.17, 15) is 14.4 Å². The minimum Gasteiger partial charge on any atom is -0.444 e. The number of nitrogens with zero attached hydrogens (tertiary/aromatic N) is 6. The van der Waals surface area contributed by atoms with Gasteiger partial charge in [0.25, 0.3) is 0 Å². The highest BCUT2D eigenvalue weighted by molar-refractivity contribution is 6.33. The number of aromatic nitrogens is 3. The summed E-state index contributed by atoms with van der Waals surface area (Å²) < 4.78 is 15.9. The molecule has 0 aromatic carbocycles. The molecule has 0 unspecified atom stereocenters. The van der Waals surface area contributed by atoms with E-state index in [1.807, 2.05) is 80.5 Å². The van der Waals surface area contributed by atoms with Crippen LogP contribution in [0.3, 0.4) is 0 Å². The SMILES string of the molecule is CC(C)(C)OC(=O)N[C@H]1CCCC[C@H]1N.CC(C)(C)OC(=O)N[C@H]1CCCC[C@H]1Nc1ccc(C#N)c(Cl)n1.CC(C)(C)OC(=O)N[C@H]1CCCC[C@H]1Nc1ccc(C#N)c(Cl)n1.N#Cc1ccc(Cl)nc1Cl. The molecule has 3 aliphatic rings. The highest BCUT2D eigenvalue weighted by Gasteiger charge is 2.31. The number of halogens is 4. The molecule has 6 rings (SSSR count). The van der Waals surface area contributed by atoms with E-state index in [4.69, 9.17) is 82.1 Å². The summed E-state index contributed by atoms with van der Waals surface area (Å²) in [4.78, 5) is 47.6. The minimum atomic E-state index is -0.524. The number of anilines is 2. The molecular formula is C51H70Cl4N12O6. The number of nitrogens with one attached hydrogen (secondary N) is 5. The van der Waals surface area contributed by atoms with E-state index in [0.717, 1.165) is 77.0 Å². The van der Waals surface area contributed by atoms with Crippen LogP contribution >= 0.6 is 46.4 Å². The highest BCUT2D eigenvalue weighted by Crippen LogP contribution is 2.26. The second-order valence-corrected chi connectivity index (χ2v) is 22.1. The molecule has 3 aromatic heterocycles. The molecule has 398 valence electrons. The second kappa shape index (κ2) is 29.4. The van der Waals surface area contributed by atoms with Crippen LogP contribution in [0.2, 0.25) is 20.6 Å². The van der Waals surface area contributed by atoms with Crippen LogP contribution in [0.1, 0.15) is 156 Å². The van der Waals surface area contributed by atoms with Gasteiger partial charge in [0.15, 0.2) is 0 Å². The average Bonchev–Trinajstić information content (AvgIpc) is 3.27. The number of ether oxygens (including phenoxy) is 3. The summed E-state index contributed by atoms with van der Waals surface area (Å²) >= 11 is 22.9. The highest BCUT2D eigenvalue weighted by atomic mass is 35.5. The summed E-state index contributed by atoms with van der Waals surface area (Å²) in [6, 6.07) is 15.8. The quantitative estimate of drug-likeness (QED) is 0.0948. The third-order valence-corrected chi connectivity index (χ3v) is 12.1. The Hall–Kier alpha value is -5.55. The van der Waals surface area contributed by atoms with E-state index in [2.05, 4.69) is 41.5 Å². The fourth-order valence-electron chi connectivity index (χ4n) is 7.74. The van der Waals surface area contributed by atoms with Crippen LogP contribution in [0.25, 0.3) is 0 Å². The Morgan fingerprint density at radius 3 is 1.11 bits per heavy atom. The van der Waals surface area contributed by atoms with Crippen molar-refractivity contribution >= 4 is 76.3 Å². The van der Waals surface area contributed by atoms with Crippen LogP contribution in [0.5, 0.6) is 0 Å². The number of carbonyl (C=O) groups is 3. The lowest BCUT2D eigenvalue weighted by molar-refractivity contribution is 0.0475. The van der Waals surface area contributed by atoms with Gasteiger partial charge in [0.1, 0.15) is 67.3 Å². The Morgan fingerprint density at radius 2 is 0.795 bits per heavy atom. The Balaban J connectivity index is 0.000000270. The van der Waals surface area contributed by atoms with Crippen LogP contribution < -0.4 is 32.3 Å². The van der Waals surface area contributed by atoms with Gasteiger partial charge in [-0.15, -0.1) is 0 Å². The first-order valence-corrected chi connectivity index (χ1v) is 25.8. The van der Waals surface area contributed by atoms with Gasteiger partial charge in [0, 0.05) is 24.2 Å². The fourth-order valence-corrected chi connectivity index (χ4v) is 8.52. The van der Waals surface area contributed by atoms with Gasteiger partial charge >= 0.3 is 18.3 Å². The van der Waals surface area contributed by atoms with E-state index in [1.165, 1.54) is 12.1 Å². The van der Waals surface area contributed by atoms with Crippen molar-refractivity contribution in [2.75, 3.05) is 10.6 Å². The van der Waals surface area contributed by atoms with Crippen molar-refractivity contribution in [2.24, 2.45) is 5.73 Å². The molecule has 3 aromatic rings. The number of carbonyl (C=O) groups excluding carboxylic acids is 3. The molecular weight excluding hydrogens is 1020 g/mol. The summed E-state index contributed by atoms with van der Waals surface area (Å²) in [6.45, 7) is 16.6. The molecule has 22 heteroatoms. The van der Waals surface area contributed by atoms with Gasteiger partial charge in [-0.2, -0.15) is 15.8 Å². The first-order valence-electron chi connectivity index (χ1n) is 24.3. The van der Waals surface area contributed by atoms with Gasteiger partial charge in [-0.3, -0.25) is 0 Å². The molecule has 3 fully saturated rings. The summed E-state index contributed by atoms with van der Waals surface area (Å²) in [5.74, 6) is 1.20. The number of rotatable bonds is 7. The lowest BCUT2D eigenvalue weighted by Crippen LogP contribution is -2.50. The van der Waals surface area contributed by atoms with Gasteiger partial charge in [-0.05, 0) is 137 Å². The first-order chi connectivity index (χ1) is 34.2. The third-order valence-electron chi connectivity index (χ3n) is 11.0. The normalized spacial score (nSPS) is 20.5. The maximum absolute atomic E-state index is 12.0. The second-order valence-electron chi connectivity index (χ2n) is 20.7. The summed E-state index contributed by atoms with van der Waals surface area (Å²) in [5.41, 5.74) is 5.45. The lowest BCUT2D eigenvalue weighted by atomic mass is 9.90. The molecule has 0 spiro atoms. The van der Waals surface area contributed by atoms with Crippen molar-refractivity contribution in [3.05, 3.63) is 73.7 Å². The number of amides is 3. The maximum Gasteiger partial charge on any atom is 0.407 e. The average molecular weight is 1090 g/mol. The number of nitriles is 3. The largest absolute Gasteiger partial charge is 0.444 e. The van der Waals surface area contributed by atoms with Crippen LogP contribution in [0.4, 0.5) is 26.0 Å². The van der Waals surface area contributed by atoms with Gasteiger partial charge in [-0.1, -0.05) is 84.9 Å². The molecule has 0 bridgehead atoms. The van der Waals surface area contributed by atoms with E-state index in [-0.39, 0.29) is 57.8 Å². The topological polar surface area (TPSA) is 275 Å². The molecule has 0 radical (unpaired) electrons. The predicted octanol–water partition coefficient (Wildman–Crippen LogP) is 11.8. The van der Waals surface area contributed by atoms with Crippen molar-refractivity contribution in [3.63, 3.8) is 0 Å².